The van der Waals surface area contributed by atoms with Crippen molar-refractivity contribution in [2.24, 2.45) is 5.92 Å². The zero-order chi connectivity index (χ0) is 14.7. The van der Waals surface area contributed by atoms with Crippen LogP contribution in [-0.4, -0.2) is 14.2 Å². The van der Waals surface area contributed by atoms with E-state index in [4.69, 9.17) is 0 Å². The SMILES string of the molecule is O=S(=O)(CC1CCCCC1)NCc1ccc2c(c1)CNC2. The van der Waals surface area contributed by atoms with Gasteiger partial charge in [0.05, 0.1) is 5.75 Å². The highest BCUT2D eigenvalue weighted by Crippen LogP contribution is 2.24. The van der Waals surface area contributed by atoms with Gasteiger partial charge < -0.3 is 5.32 Å². The summed E-state index contributed by atoms with van der Waals surface area (Å²) >= 11 is 0. The Balaban J connectivity index is 1.56. The molecule has 0 aromatic heterocycles. The lowest BCUT2D eigenvalue weighted by Crippen LogP contribution is -2.30. The Morgan fingerprint density at radius 2 is 1.86 bits per heavy atom. The summed E-state index contributed by atoms with van der Waals surface area (Å²) < 4.78 is 27.1. The Morgan fingerprint density at radius 1 is 1.10 bits per heavy atom. The van der Waals surface area contributed by atoms with Gasteiger partial charge in [0.15, 0.2) is 0 Å². The third kappa shape index (κ3) is 4.05. The van der Waals surface area contributed by atoms with Gasteiger partial charge in [-0.2, -0.15) is 0 Å². The average Bonchev–Trinajstić information content (AvgIpc) is 2.93. The van der Waals surface area contributed by atoms with Gasteiger partial charge in [-0.25, -0.2) is 13.1 Å². The van der Waals surface area contributed by atoms with Crippen LogP contribution in [0.1, 0.15) is 48.8 Å². The molecule has 2 aliphatic rings. The maximum Gasteiger partial charge on any atom is 0.212 e. The van der Waals surface area contributed by atoms with Gasteiger partial charge in [-0.1, -0.05) is 37.5 Å². The molecule has 116 valence electrons. The zero-order valence-electron chi connectivity index (χ0n) is 12.4. The Kier molecular flexibility index (Phi) is 4.62. The molecule has 1 saturated carbocycles. The molecule has 0 spiro atoms. The van der Waals surface area contributed by atoms with Crippen LogP contribution in [0, 0.1) is 5.92 Å². The summed E-state index contributed by atoms with van der Waals surface area (Å²) in [6, 6.07) is 6.23. The average molecular weight is 308 g/mol. The van der Waals surface area contributed by atoms with Gasteiger partial charge in [-0.05, 0) is 35.4 Å². The van der Waals surface area contributed by atoms with Crippen LogP contribution >= 0.6 is 0 Å². The first-order valence-electron chi connectivity index (χ1n) is 7.91. The van der Waals surface area contributed by atoms with E-state index in [9.17, 15) is 8.42 Å². The van der Waals surface area contributed by atoms with Crippen molar-refractivity contribution in [2.75, 3.05) is 5.75 Å². The standard InChI is InChI=1S/C16H24N2O2S/c19-21(20,12-13-4-2-1-3-5-13)18-9-14-6-7-15-10-17-11-16(15)8-14/h6-8,13,17-18H,1-5,9-12H2. The molecule has 1 aliphatic carbocycles. The van der Waals surface area contributed by atoms with Crippen molar-refractivity contribution in [1.82, 2.24) is 10.0 Å². The van der Waals surface area contributed by atoms with Crippen molar-refractivity contribution in [2.45, 2.75) is 51.7 Å². The van der Waals surface area contributed by atoms with E-state index in [-0.39, 0.29) is 0 Å². The smallest absolute Gasteiger partial charge is 0.212 e. The molecule has 0 unspecified atom stereocenters. The third-order valence-electron chi connectivity index (χ3n) is 4.58. The van der Waals surface area contributed by atoms with E-state index in [1.165, 1.54) is 30.4 Å². The Labute approximate surface area is 127 Å². The van der Waals surface area contributed by atoms with Crippen LogP contribution in [0.25, 0.3) is 0 Å². The minimum Gasteiger partial charge on any atom is -0.309 e. The second-order valence-electron chi connectivity index (χ2n) is 6.31. The molecule has 0 saturated heterocycles. The predicted molar refractivity (Wildman–Crippen MR) is 84.2 cm³/mol. The normalized spacial score (nSPS) is 19.6. The van der Waals surface area contributed by atoms with Crippen molar-refractivity contribution in [3.8, 4) is 0 Å². The van der Waals surface area contributed by atoms with Crippen LogP contribution in [-0.2, 0) is 29.7 Å². The van der Waals surface area contributed by atoms with Gasteiger partial charge in [0.2, 0.25) is 10.0 Å². The molecule has 5 heteroatoms. The zero-order valence-corrected chi connectivity index (χ0v) is 13.2. The Bertz CT molecular complexity index is 592. The van der Waals surface area contributed by atoms with E-state index in [1.54, 1.807) is 0 Å². The molecule has 1 heterocycles. The molecule has 0 radical (unpaired) electrons. The van der Waals surface area contributed by atoms with Crippen molar-refractivity contribution in [3.63, 3.8) is 0 Å². The molecule has 4 nitrogen and oxygen atoms in total. The van der Waals surface area contributed by atoms with Crippen LogP contribution in [0.3, 0.4) is 0 Å². The predicted octanol–water partition coefficient (Wildman–Crippen LogP) is 2.29. The number of benzene rings is 1. The number of rotatable bonds is 5. The van der Waals surface area contributed by atoms with Crippen LogP contribution < -0.4 is 10.0 Å². The van der Waals surface area contributed by atoms with Crippen LogP contribution in [0.15, 0.2) is 18.2 Å². The molecule has 1 aromatic rings. The fourth-order valence-electron chi connectivity index (χ4n) is 3.37. The minimum atomic E-state index is -3.16. The number of nitrogens with one attached hydrogen (secondary N) is 2. The van der Waals surface area contributed by atoms with E-state index >= 15 is 0 Å². The summed E-state index contributed by atoms with van der Waals surface area (Å²) in [7, 11) is -3.16. The van der Waals surface area contributed by atoms with Gasteiger partial charge >= 0.3 is 0 Å². The van der Waals surface area contributed by atoms with Gasteiger partial charge in [-0.15, -0.1) is 0 Å². The van der Waals surface area contributed by atoms with Crippen LogP contribution in [0.4, 0.5) is 0 Å². The summed E-state index contributed by atoms with van der Waals surface area (Å²) in [6.45, 7) is 2.21. The molecule has 3 rings (SSSR count). The lowest BCUT2D eigenvalue weighted by molar-refractivity contribution is 0.384. The first-order chi connectivity index (χ1) is 10.1. The Morgan fingerprint density at radius 3 is 2.67 bits per heavy atom. The van der Waals surface area contributed by atoms with Gasteiger partial charge in [0, 0.05) is 19.6 Å². The van der Waals surface area contributed by atoms with Gasteiger partial charge in [0.1, 0.15) is 0 Å². The summed E-state index contributed by atoms with van der Waals surface area (Å²) in [6.07, 6.45) is 5.74. The summed E-state index contributed by atoms with van der Waals surface area (Å²) in [5, 5.41) is 3.30. The molecule has 0 amide bonds. The first-order valence-corrected chi connectivity index (χ1v) is 9.56. The molecular formula is C16H24N2O2S. The fraction of sp³-hybridized carbons (Fsp3) is 0.625. The Hall–Kier alpha value is -0.910. The second kappa shape index (κ2) is 6.46. The number of hydrogen-bond donors (Lipinski definition) is 2. The van der Waals surface area contributed by atoms with E-state index < -0.39 is 10.0 Å². The fourth-order valence-corrected chi connectivity index (χ4v) is 4.83. The first kappa shape index (κ1) is 15.0. The topological polar surface area (TPSA) is 58.2 Å². The van der Waals surface area contributed by atoms with E-state index in [0.717, 1.165) is 31.5 Å². The quantitative estimate of drug-likeness (QED) is 0.877. The third-order valence-corrected chi connectivity index (χ3v) is 6.07. The highest BCUT2D eigenvalue weighted by molar-refractivity contribution is 7.89. The molecule has 0 bridgehead atoms. The van der Waals surface area contributed by atoms with E-state index in [2.05, 4.69) is 22.2 Å². The summed E-state index contributed by atoms with van der Waals surface area (Å²) in [4.78, 5) is 0. The minimum absolute atomic E-state index is 0.291. The van der Waals surface area contributed by atoms with Gasteiger partial charge in [0.25, 0.3) is 0 Å². The molecule has 21 heavy (non-hydrogen) atoms. The molecule has 1 aliphatic heterocycles. The maximum atomic E-state index is 12.2. The molecular weight excluding hydrogens is 284 g/mol. The second-order valence-corrected chi connectivity index (χ2v) is 8.16. The highest BCUT2D eigenvalue weighted by Gasteiger charge is 2.21. The highest BCUT2D eigenvalue weighted by atomic mass is 32.2. The monoisotopic (exact) mass is 308 g/mol. The van der Waals surface area contributed by atoms with E-state index in [1.807, 2.05) is 6.07 Å². The largest absolute Gasteiger partial charge is 0.309 e. The summed E-state index contributed by atoms with van der Waals surface area (Å²) in [5.74, 6) is 0.639. The van der Waals surface area contributed by atoms with Crippen LogP contribution in [0.5, 0.6) is 0 Å². The number of sulfonamides is 1. The van der Waals surface area contributed by atoms with Crippen molar-refractivity contribution in [3.05, 3.63) is 34.9 Å². The number of hydrogen-bond acceptors (Lipinski definition) is 3. The van der Waals surface area contributed by atoms with Crippen molar-refractivity contribution in [1.29, 1.82) is 0 Å². The molecule has 1 fully saturated rings. The van der Waals surface area contributed by atoms with E-state index in [0.29, 0.717) is 18.2 Å². The summed E-state index contributed by atoms with van der Waals surface area (Å²) in [5.41, 5.74) is 3.66. The molecule has 1 aromatic carbocycles. The number of fused-ring (bicyclic) bond motifs is 1. The van der Waals surface area contributed by atoms with Crippen molar-refractivity contribution >= 4 is 10.0 Å². The van der Waals surface area contributed by atoms with Gasteiger partial charge in [-0.3, -0.25) is 0 Å². The lowest BCUT2D eigenvalue weighted by atomic mass is 9.91. The molecule has 0 atom stereocenters. The maximum absolute atomic E-state index is 12.2. The molecule has 2 N–H and O–H groups in total. The van der Waals surface area contributed by atoms with Crippen molar-refractivity contribution < 1.29 is 8.42 Å². The lowest BCUT2D eigenvalue weighted by Gasteiger charge is -2.21. The van der Waals surface area contributed by atoms with Crippen LogP contribution in [0.2, 0.25) is 0 Å².